The van der Waals surface area contributed by atoms with Crippen molar-refractivity contribution in [2.75, 3.05) is 11.9 Å². The molecule has 29 heavy (non-hydrogen) atoms. The van der Waals surface area contributed by atoms with E-state index in [9.17, 15) is 9.59 Å². The highest BCUT2D eigenvalue weighted by Gasteiger charge is 2.26. The van der Waals surface area contributed by atoms with Crippen molar-refractivity contribution < 1.29 is 4.79 Å². The summed E-state index contributed by atoms with van der Waals surface area (Å²) in [7, 11) is 0. The number of fused-ring (bicyclic) bond motifs is 1. The quantitative estimate of drug-likeness (QED) is 0.693. The number of amides is 2. The first-order valence-corrected chi connectivity index (χ1v) is 9.87. The van der Waals surface area contributed by atoms with Gasteiger partial charge in [-0.2, -0.15) is 0 Å². The molecule has 0 fully saturated rings. The Kier molecular flexibility index (Phi) is 4.78. The molecule has 2 heterocycles. The molecule has 0 radical (unpaired) electrons. The molecule has 6 heteroatoms. The maximum Gasteiger partial charge on any atom is 0.322 e. The summed E-state index contributed by atoms with van der Waals surface area (Å²) in [5, 5.41) is 6.14. The molecule has 6 nitrogen and oxygen atoms in total. The van der Waals surface area contributed by atoms with Crippen LogP contribution in [-0.2, 0) is 18.4 Å². The van der Waals surface area contributed by atoms with Gasteiger partial charge in [0.25, 0.3) is 5.56 Å². The van der Waals surface area contributed by atoms with Crippen LogP contribution in [0.3, 0.4) is 0 Å². The molecular weight excluding hydrogens is 364 g/mol. The van der Waals surface area contributed by atoms with Gasteiger partial charge in [0.15, 0.2) is 0 Å². The Morgan fingerprint density at radius 1 is 1.03 bits per heavy atom. The molecule has 1 aromatic heterocycles. The van der Waals surface area contributed by atoms with E-state index >= 15 is 0 Å². The number of rotatable bonds is 2. The third-order valence-corrected chi connectivity index (χ3v) is 5.36. The highest BCUT2D eigenvalue weighted by molar-refractivity contribution is 5.89. The predicted octanol–water partition coefficient (Wildman–Crippen LogP) is 4.05. The summed E-state index contributed by atoms with van der Waals surface area (Å²) in [5.74, 6) is 0. The molecule has 0 unspecified atom stereocenters. The number of nitrogens with one attached hydrogen (secondary N) is 2. The molecule has 4 rings (SSSR count). The molecule has 2 N–H and O–H groups in total. The third-order valence-electron chi connectivity index (χ3n) is 5.36. The first-order valence-electron chi connectivity index (χ1n) is 9.87. The SMILES string of the molecule is CC(C)(C)c1ccc(NC(=O)N2CCc3[nH]n(-c4ccccc4)c(=O)c3C2)cc1. The lowest BCUT2D eigenvalue weighted by Crippen LogP contribution is -2.40. The molecular formula is C23H26N4O2. The fraction of sp³-hybridized carbons (Fsp3) is 0.304. The zero-order valence-electron chi connectivity index (χ0n) is 17.0. The highest BCUT2D eigenvalue weighted by Crippen LogP contribution is 2.24. The monoisotopic (exact) mass is 390 g/mol. The minimum atomic E-state index is -0.189. The van der Waals surface area contributed by atoms with Crippen LogP contribution in [0, 0.1) is 0 Å². The summed E-state index contributed by atoms with van der Waals surface area (Å²) in [5.41, 5.74) is 4.28. The highest BCUT2D eigenvalue weighted by atomic mass is 16.2. The van der Waals surface area contributed by atoms with E-state index in [1.807, 2.05) is 54.6 Å². The number of aromatic amines is 1. The molecule has 3 aromatic rings. The molecule has 0 saturated heterocycles. The van der Waals surface area contributed by atoms with Crippen LogP contribution in [0.15, 0.2) is 59.4 Å². The molecule has 1 aliphatic heterocycles. The van der Waals surface area contributed by atoms with E-state index in [2.05, 4.69) is 31.2 Å². The van der Waals surface area contributed by atoms with E-state index in [1.165, 1.54) is 5.56 Å². The second-order valence-corrected chi connectivity index (χ2v) is 8.47. The third kappa shape index (κ3) is 3.83. The Morgan fingerprint density at radius 3 is 2.38 bits per heavy atom. The van der Waals surface area contributed by atoms with Gasteiger partial charge in [0.1, 0.15) is 0 Å². The lowest BCUT2D eigenvalue weighted by Gasteiger charge is -2.26. The van der Waals surface area contributed by atoms with Crippen LogP contribution in [0.5, 0.6) is 0 Å². The fourth-order valence-electron chi connectivity index (χ4n) is 3.59. The van der Waals surface area contributed by atoms with Gasteiger partial charge >= 0.3 is 6.03 Å². The standard InChI is InChI=1S/C23H26N4O2/c1-23(2,3)16-9-11-17(12-10-16)24-22(29)26-14-13-20-19(15-26)21(28)27(25-20)18-7-5-4-6-8-18/h4-12,25H,13-15H2,1-3H3,(H,24,29). The van der Waals surface area contributed by atoms with Crippen molar-refractivity contribution in [3.8, 4) is 5.69 Å². The van der Waals surface area contributed by atoms with Gasteiger partial charge in [-0.05, 0) is 35.2 Å². The lowest BCUT2D eigenvalue weighted by atomic mass is 9.87. The Hall–Kier alpha value is -3.28. The van der Waals surface area contributed by atoms with Gasteiger partial charge in [0, 0.05) is 24.3 Å². The first-order chi connectivity index (χ1) is 13.8. The predicted molar refractivity (Wildman–Crippen MR) is 115 cm³/mol. The molecule has 150 valence electrons. The smallest absolute Gasteiger partial charge is 0.320 e. The van der Waals surface area contributed by atoms with E-state index in [0.717, 1.165) is 17.1 Å². The van der Waals surface area contributed by atoms with Crippen LogP contribution < -0.4 is 10.9 Å². The van der Waals surface area contributed by atoms with Crippen LogP contribution in [0.1, 0.15) is 37.6 Å². The fourth-order valence-corrected chi connectivity index (χ4v) is 3.59. The molecule has 0 saturated carbocycles. The van der Waals surface area contributed by atoms with Crippen molar-refractivity contribution in [1.82, 2.24) is 14.7 Å². The number of urea groups is 1. The Morgan fingerprint density at radius 2 is 1.72 bits per heavy atom. The first kappa shape index (κ1) is 19.1. The molecule has 1 aliphatic rings. The minimum absolute atomic E-state index is 0.0682. The van der Waals surface area contributed by atoms with Gasteiger partial charge < -0.3 is 10.2 Å². The van der Waals surface area contributed by atoms with Crippen LogP contribution >= 0.6 is 0 Å². The van der Waals surface area contributed by atoms with Crippen molar-refractivity contribution >= 4 is 11.7 Å². The summed E-state index contributed by atoms with van der Waals surface area (Å²) in [4.78, 5) is 27.3. The zero-order valence-corrected chi connectivity index (χ0v) is 17.0. The van der Waals surface area contributed by atoms with Crippen molar-refractivity contribution in [3.63, 3.8) is 0 Å². The van der Waals surface area contributed by atoms with E-state index in [1.54, 1.807) is 9.58 Å². The number of para-hydroxylation sites is 1. The number of carbonyl (C=O) groups is 1. The topological polar surface area (TPSA) is 70.1 Å². The van der Waals surface area contributed by atoms with E-state index in [0.29, 0.717) is 25.1 Å². The average molecular weight is 390 g/mol. The van der Waals surface area contributed by atoms with Gasteiger partial charge in [0.2, 0.25) is 0 Å². The largest absolute Gasteiger partial charge is 0.322 e. The van der Waals surface area contributed by atoms with E-state index in [4.69, 9.17) is 0 Å². The average Bonchev–Trinajstić information content (AvgIpc) is 3.04. The number of hydrogen-bond acceptors (Lipinski definition) is 2. The van der Waals surface area contributed by atoms with Gasteiger partial charge in [-0.1, -0.05) is 51.1 Å². The normalized spacial score (nSPS) is 13.8. The summed E-state index contributed by atoms with van der Waals surface area (Å²) in [6, 6.07) is 17.2. The molecule has 2 aromatic carbocycles. The number of anilines is 1. The summed E-state index contributed by atoms with van der Waals surface area (Å²) < 4.78 is 1.55. The van der Waals surface area contributed by atoms with E-state index in [-0.39, 0.29) is 17.0 Å². The number of carbonyl (C=O) groups excluding carboxylic acids is 1. The van der Waals surface area contributed by atoms with Crippen LogP contribution in [0.4, 0.5) is 10.5 Å². The van der Waals surface area contributed by atoms with Crippen molar-refractivity contribution in [1.29, 1.82) is 0 Å². The van der Waals surface area contributed by atoms with Crippen LogP contribution in [-0.4, -0.2) is 27.3 Å². The molecule has 0 spiro atoms. The van der Waals surface area contributed by atoms with Gasteiger partial charge in [0.05, 0.1) is 17.8 Å². The second-order valence-electron chi connectivity index (χ2n) is 8.47. The van der Waals surface area contributed by atoms with Gasteiger partial charge in [-0.15, -0.1) is 0 Å². The van der Waals surface area contributed by atoms with Crippen LogP contribution in [0.2, 0.25) is 0 Å². The van der Waals surface area contributed by atoms with Crippen molar-refractivity contribution in [2.45, 2.75) is 39.2 Å². The number of aromatic nitrogens is 2. The minimum Gasteiger partial charge on any atom is -0.320 e. The number of hydrogen-bond donors (Lipinski definition) is 2. The van der Waals surface area contributed by atoms with Crippen molar-refractivity contribution in [3.05, 3.63) is 81.8 Å². The maximum absolute atomic E-state index is 12.8. The van der Waals surface area contributed by atoms with Crippen LogP contribution in [0.25, 0.3) is 5.69 Å². The molecule has 0 aliphatic carbocycles. The van der Waals surface area contributed by atoms with Crippen molar-refractivity contribution in [2.24, 2.45) is 0 Å². The lowest BCUT2D eigenvalue weighted by molar-refractivity contribution is 0.206. The summed E-state index contributed by atoms with van der Waals surface area (Å²) >= 11 is 0. The molecule has 2 amide bonds. The Bertz CT molecular complexity index is 1070. The Balaban J connectivity index is 1.49. The number of H-pyrrole nitrogens is 1. The zero-order chi connectivity index (χ0) is 20.6. The molecule has 0 atom stereocenters. The number of benzene rings is 2. The Labute approximate surface area is 170 Å². The van der Waals surface area contributed by atoms with Gasteiger partial charge in [-0.3, -0.25) is 9.89 Å². The van der Waals surface area contributed by atoms with Gasteiger partial charge in [-0.25, -0.2) is 9.48 Å². The number of nitrogens with zero attached hydrogens (tertiary/aromatic N) is 2. The maximum atomic E-state index is 12.8. The molecule has 0 bridgehead atoms. The summed E-state index contributed by atoms with van der Waals surface area (Å²) in [6.07, 6.45) is 0.626. The second kappa shape index (κ2) is 7.28. The van der Waals surface area contributed by atoms with E-state index < -0.39 is 0 Å². The summed E-state index contributed by atoms with van der Waals surface area (Å²) in [6.45, 7) is 7.34.